The molecule has 0 aliphatic rings. The van der Waals surface area contributed by atoms with Crippen LogP contribution in [0.2, 0.25) is 0 Å². The number of carboxylic acid groups (broad SMARTS) is 1. The van der Waals surface area contributed by atoms with E-state index in [1.165, 1.54) is 18.2 Å². The van der Waals surface area contributed by atoms with Crippen LogP contribution in [0.25, 0.3) is 0 Å². The summed E-state index contributed by atoms with van der Waals surface area (Å²) >= 11 is 3.08. The molecule has 0 aliphatic heterocycles. The number of carbonyl (C=O) groups is 1. The molecule has 0 spiro atoms. The summed E-state index contributed by atoms with van der Waals surface area (Å²) in [7, 11) is -3.95. The maximum atomic E-state index is 12.0. The monoisotopic (exact) mass is 337 g/mol. The number of aliphatic carboxylic acids is 1. The predicted octanol–water partition coefficient (Wildman–Crippen LogP) is 0.563. The lowest BCUT2D eigenvalue weighted by atomic mass is 10.2. The molecule has 0 amide bonds. The van der Waals surface area contributed by atoms with Gasteiger partial charge in [-0.2, -0.15) is 4.72 Å². The number of benzene rings is 1. The molecule has 100 valence electrons. The van der Waals surface area contributed by atoms with Crippen molar-refractivity contribution in [2.75, 3.05) is 6.61 Å². The van der Waals surface area contributed by atoms with Gasteiger partial charge in [-0.05, 0) is 34.5 Å². The third kappa shape index (κ3) is 3.77. The van der Waals surface area contributed by atoms with Gasteiger partial charge in [0, 0.05) is 11.1 Å². The third-order valence-electron chi connectivity index (χ3n) is 2.14. The molecule has 0 aliphatic carbocycles. The molecule has 0 unspecified atom stereocenters. The van der Waals surface area contributed by atoms with Gasteiger partial charge < -0.3 is 10.2 Å². The first-order chi connectivity index (χ1) is 8.38. The summed E-state index contributed by atoms with van der Waals surface area (Å²) in [6.45, 7) is -0.421. The number of halogens is 1. The number of carboxylic acids is 1. The molecule has 1 rings (SSSR count). The summed E-state index contributed by atoms with van der Waals surface area (Å²) in [4.78, 5) is 10.8. The molecule has 0 bridgehead atoms. The Morgan fingerprint density at radius 3 is 2.50 bits per heavy atom. The second kappa shape index (κ2) is 6.28. The van der Waals surface area contributed by atoms with Crippen LogP contribution in [-0.4, -0.2) is 37.2 Å². The zero-order valence-electron chi connectivity index (χ0n) is 9.21. The Hall–Kier alpha value is -0.960. The highest BCUT2D eigenvalue weighted by molar-refractivity contribution is 9.10. The normalized spacial score (nSPS) is 13.2. The molecule has 0 aromatic heterocycles. The second-order valence-corrected chi connectivity index (χ2v) is 5.99. The summed E-state index contributed by atoms with van der Waals surface area (Å²) < 4.78 is 26.3. The van der Waals surface area contributed by atoms with Gasteiger partial charge in [-0.3, -0.25) is 4.79 Å². The van der Waals surface area contributed by atoms with E-state index in [1.807, 2.05) is 4.72 Å². The summed E-state index contributed by atoms with van der Waals surface area (Å²) in [5.41, 5.74) is 0. The maximum absolute atomic E-state index is 12.0. The number of nitrogens with one attached hydrogen (secondary N) is 1. The highest BCUT2D eigenvalue weighted by Crippen LogP contribution is 2.21. The molecule has 0 fully saturated rings. The Labute approximate surface area is 113 Å². The average Bonchev–Trinajstić information content (AvgIpc) is 2.28. The van der Waals surface area contributed by atoms with Gasteiger partial charge in [0.05, 0.1) is 4.90 Å². The van der Waals surface area contributed by atoms with Gasteiger partial charge in [0.15, 0.2) is 0 Å². The van der Waals surface area contributed by atoms with E-state index < -0.39 is 28.6 Å². The zero-order valence-corrected chi connectivity index (χ0v) is 11.6. The lowest BCUT2D eigenvalue weighted by Crippen LogP contribution is -2.41. The van der Waals surface area contributed by atoms with Gasteiger partial charge in [0.2, 0.25) is 10.0 Å². The van der Waals surface area contributed by atoms with Crippen molar-refractivity contribution in [3.8, 4) is 0 Å². The van der Waals surface area contributed by atoms with Gasteiger partial charge in [-0.1, -0.05) is 12.1 Å². The minimum absolute atomic E-state index is 0.0470. The minimum atomic E-state index is -3.95. The van der Waals surface area contributed by atoms with E-state index in [9.17, 15) is 13.2 Å². The molecule has 0 heterocycles. The number of sulfonamides is 1. The van der Waals surface area contributed by atoms with Crippen molar-refractivity contribution < 1.29 is 23.4 Å². The molecule has 0 saturated carbocycles. The van der Waals surface area contributed by atoms with Crippen molar-refractivity contribution in [2.24, 2.45) is 0 Å². The number of aliphatic hydroxyl groups is 1. The summed E-state index contributed by atoms with van der Waals surface area (Å²) in [5, 5.41) is 17.5. The largest absolute Gasteiger partial charge is 0.480 e. The van der Waals surface area contributed by atoms with Crippen molar-refractivity contribution in [2.45, 2.75) is 17.4 Å². The van der Waals surface area contributed by atoms with Crippen LogP contribution in [0, 0.1) is 0 Å². The number of hydrogen-bond donors (Lipinski definition) is 3. The van der Waals surface area contributed by atoms with Crippen LogP contribution in [0.3, 0.4) is 0 Å². The van der Waals surface area contributed by atoms with E-state index in [2.05, 4.69) is 15.9 Å². The van der Waals surface area contributed by atoms with Crippen LogP contribution in [0.1, 0.15) is 6.42 Å². The first kappa shape index (κ1) is 15.1. The Kier molecular flexibility index (Phi) is 5.27. The molecular formula is C10H12BrNO5S. The van der Waals surface area contributed by atoms with E-state index in [0.29, 0.717) is 4.47 Å². The van der Waals surface area contributed by atoms with Gasteiger partial charge in [0.1, 0.15) is 6.04 Å². The van der Waals surface area contributed by atoms with Crippen LogP contribution < -0.4 is 4.72 Å². The molecular weight excluding hydrogens is 326 g/mol. The predicted molar refractivity (Wildman–Crippen MR) is 67.6 cm³/mol. The van der Waals surface area contributed by atoms with Crippen LogP contribution in [0.4, 0.5) is 0 Å². The van der Waals surface area contributed by atoms with E-state index in [-0.39, 0.29) is 11.3 Å². The molecule has 18 heavy (non-hydrogen) atoms. The quantitative estimate of drug-likeness (QED) is 0.703. The smallest absolute Gasteiger partial charge is 0.321 e. The van der Waals surface area contributed by atoms with Crippen LogP contribution in [0.15, 0.2) is 33.6 Å². The van der Waals surface area contributed by atoms with Crippen LogP contribution in [0.5, 0.6) is 0 Å². The molecule has 8 heteroatoms. The van der Waals surface area contributed by atoms with E-state index in [4.69, 9.17) is 10.2 Å². The highest BCUT2D eigenvalue weighted by Gasteiger charge is 2.26. The average molecular weight is 338 g/mol. The highest BCUT2D eigenvalue weighted by atomic mass is 79.9. The molecule has 0 radical (unpaired) electrons. The van der Waals surface area contributed by atoms with Crippen molar-refractivity contribution in [3.63, 3.8) is 0 Å². The Morgan fingerprint density at radius 2 is 2.00 bits per heavy atom. The van der Waals surface area contributed by atoms with Gasteiger partial charge in [0.25, 0.3) is 0 Å². The van der Waals surface area contributed by atoms with Crippen molar-refractivity contribution in [3.05, 3.63) is 28.7 Å². The zero-order chi connectivity index (χ0) is 13.8. The fourth-order valence-electron chi connectivity index (χ4n) is 1.28. The molecule has 1 aromatic rings. The first-order valence-electron chi connectivity index (χ1n) is 4.99. The summed E-state index contributed by atoms with van der Waals surface area (Å²) in [6, 6.07) is 4.71. The maximum Gasteiger partial charge on any atom is 0.321 e. The number of aliphatic hydroxyl groups excluding tert-OH is 1. The van der Waals surface area contributed by atoms with E-state index >= 15 is 0 Å². The van der Waals surface area contributed by atoms with Gasteiger partial charge in [-0.25, -0.2) is 8.42 Å². The Bertz CT molecular complexity index is 531. The standard InChI is InChI=1S/C10H12BrNO5S/c11-7-3-1-2-4-9(7)18(16,17)12-8(5-6-13)10(14)15/h1-4,8,12-13H,5-6H2,(H,14,15)/t8-/m0/s1. The lowest BCUT2D eigenvalue weighted by Gasteiger charge is -2.14. The fourth-order valence-corrected chi connectivity index (χ4v) is 3.50. The topological polar surface area (TPSA) is 104 Å². The van der Waals surface area contributed by atoms with Crippen molar-refractivity contribution in [1.82, 2.24) is 4.72 Å². The van der Waals surface area contributed by atoms with Crippen LogP contribution >= 0.6 is 15.9 Å². The Morgan fingerprint density at radius 1 is 1.39 bits per heavy atom. The SMILES string of the molecule is O=C(O)[C@H](CCO)NS(=O)(=O)c1ccccc1Br. The molecule has 0 saturated heterocycles. The molecule has 1 atom stereocenters. The third-order valence-corrected chi connectivity index (χ3v) is 4.62. The first-order valence-corrected chi connectivity index (χ1v) is 7.26. The number of hydrogen-bond acceptors (Lipinski definition) is 4. The summed E-state index contributed by atoms with van der Waals surface area (Å²) in [5.74, 6) is -1.33. The van der Waals surface area contributed by atoms with Gasteiger partial charge in [-0.15, -0.1) is 0 Å². The van der Waals surface area contributed by atoms with Crippen LogP contribution in [-0.2, 0) is 14.8 Å². The molecule has 3 N–H and O–H groups in total. The Balaban J connectivity index is 3.01. The summed E-state index contributed by atoms with van der Waals surface area (Å²) in [6.07, 6.45) is -0.195. The second-order valence-electron chi connectivity index (χ2n) is 3.45. The number of rotatable bonds is 6. The van der Waals surface area contributed by atoms with Crippen molar-refractivity contribution in [1.29, 1.82) is 0 Å². The minimum Gasteiger partial charge on any atom is -0.480 e. The van der Waals surface area contributed by atoms with E-state index in [0.717, 1.165) is 0 Å². The van der Waals surface area contributed by atoms with E-state index in [1.54, 1.807) is 6.07 Å². The van der Waals surface area contributed by atoms with Gasteiger partial charge >= 0.3 is 5.97 Å². The molecule has 6 nitrogen and oxygen atoms in total. The lowest BCUT2D eigenvalue weighted by molar-refractivity contribution is -0.139. The van der Waals surface area contributed by atoms with Crippen molar-refractivity contribution >= 4 is 31.9 Å². The molecule has 1 aromatic carbocycles. The fraction of sp³-hybridized carbons (Fsp3) is 0.300.